The van der Waals surface area contributed by atoms with Crippen LogP contribution in [0.4, 0.5) is 5.69 Å². The van der Waals surface area contributed by atoms with Crippen LogP contribution in [-0.2, 0) is 16.4 Å². The van der Waals surface area contributed by atoms with Gasteiger partial charge in [-0.25, -0.2) is 12.7 Å². The van der Waals surface area contributed by atoms with Crippen molar-refractivity contribution in [3.8, 4) is 0 Å². The van der Waals surface area contributed by atoms with Crippen LogP contribution in [0.5, 0.6) is 0 Å². The Balaban J connectivity index is 1.53. The highest BCUT2D eigenvalue weighted by Crippen LogP contribution is 2.27. The molecule has 1 aliphatic heterocycles. The molecule has 0 saturated carbocycles. The van der Waals surface area contributed by atoms with Crippen molar-refractivity contribution in [3.05, 3.63) is 59.4 Å². The molecule has 1 fully saturated rings. The maximum atomic E-state index is 12.6. The van der Waals surface area contributed by atoms with Crippen LogP contribution in [0.3, 0.4) is 0 Å². The fraction of sp³-hybridized carbons (Fsp3) is 0.478. The molecule has 0 bridgehead atoms. The quantitative estimate of drug-likeness (QED) is 0.710. The number of piperidine rings is 1. The van der Waals surface area contributed by atoms with Gasteiger partial charge in [0.25, 0.3) is 5.91 Å². The van der Waals surface area contributed by atoms with E-state index < -0.39 is 10.0 Å². The summed E-state index contributed by atoms with van der Waals surface area (Å²) in [6.45, 7) is 3.02. The standard InChI is InChI=1S/C23H32N4O3S/c1-17(15-18-5-8-21(9-6-18)26(2)3)25-23(28)20-7-10-22(24-16-20)19-11-13-27(14-12-19)31(4,29)30/h5-10,16-17,19H,11-15H2,1-4H3,(H,25,28). The van der Waals surface area contributed by atoms with Gasteiger partial charge in [-0.15, -0.1) is 0 Å². The van der Waals surface area contributed by atoms with Crippen LogP contribution >= 0.6 is 0 Å². The van der Waals surface area contributed by atoms with Crippen molar-refractivity contribution in [3.63, 3.8) is 0 Å². The predicted octanol–water partition coefficient (Wildman–Crippen LogP) is 2.65. The number of hydrogen-bond acceptors (Lipinski definition) is 5. The second-order valence-corrected chi connectivity index (χ2v) is 10.5. The van der Waals surface area contributed by atoms with E-state index in [0.29, 0.717) is 18.7 Å². The number of benzene rings is 1. The molecule has 31 heavy (non-hydrogen) atoms. The molecule has 168 valence electrons. The molecule has 1 aromatic carbocycles. The Labute approximate surface area is 185 Å². The van der Waals surface area contributed by atoms with E-state index in [2.05, 4.69) is 39.5 Å². The van der Waals surface area contributed by atoms with Gasteiger partial charge in [0, 0.05) is 56.7 Å². The third-order valence-electron chi connectivity index (χ3n) is 5.76. The number of carbonyl (C=O) groups is 1. The van der Waals surface area contributed by atoms with E-state index in [0.717, 1.165) is 30.6 Å². The van der Waals surface area contributed by atoms with Gasteiger partial charge < -0.3 is 10.2 Å². The molecule has 2 aromatic rings. The van der Waals surface area contributed by atoms with Gasteiger partial charge >= 0.3 is 0 Å². The third-order valence-corrected chi connectivity index (χ3v) is 7.07. The van der Waals surface area contributed by atoms with Gasteiger partial charge in [0.05, 0.1) is 11.8 Å². The molecule has 8 heteroatoms. The molecule has 1 unspecified atom stereocenters. The van der Waals surface area contributed by atoms with Crippen molar-refractivity contribution in [1.29, 1.82) is 0 Å². The summed E-state index contributed by atoms with van der Waals surface area (Å²) < 4.78 is 24.8. The zero-order valence-electron chi connectivity index (χ0n) is 18.7. The average molecular weight is 445 g/mol. The summed E-state index contributed by atoms with van der Waals surface area (Å²) in [6.07, 6.45) is 5.11. The Hall–Kier alpha value is -2.45. The van der Waals surface area contributed by atoms with Crippen LogP contribution < -0.4 is 10.2 Å². The Kier molecular flexibility index (Phi) is 7.33. The summed E-state index contributed by atoms with van der Waals surface area (Å²) in [5, 5.41) is 3.04. The van der Waals surface area contributed by atoms with E-state index in [-0.39, 0.29) is 17.9 Å². The SMILES string of the molecule is CC(Cc1ccc(N(C)C)cc1)NC(=O)c1ccc(C2CCN(S(C)(=O)=O)CC2)nc1. The molecule has 0 radical (unpaired) electrons. The highest BCUT2D eigenvalue weighted by molar-refractivity contribution is 7.88. The zero-order chi connectivity index (χ0) is 22.6. The minimum absolute atomic E-state index is 0.00213. The number of rotatable bonds is 7. The molecule has 2 heterocycles. The minimum Gasteiger partial charge on any atom is -0.378 e. The monoisotopic (exact) mass is 444 g/mol. The number of aromatic nitrogens is 1. The Bertz CT molecular complexity index is 980. The molecule has 1 aromatic heterocycles. The summed E-state index contributed by atoms with van der Waals surface area (Å²) in [5.41, 5.74) is 3.77. The number of anilines is 1. The first-order valence-electron chi connectivity index (χ1n) is 10.6. The topological polar surface area (TPSA) is 82.6 Å². The summed E-state index contributed by atoms with van der Waals surface area (Å²) in [4.78, 5) is 19.1. The van der Waals surface area contributed by atoms with Gasteiger partial charge in [-0.3, -0.25) is 9.78 Å². The summed E-state index contributed by atoms with van der Waals surface area (Å²) >= 11 is 0. The van der Waals surface area contributed by atoms with Crippen molar-refractivity contribution >= 4 is 21.6 Å². The second-order valence-electron chi connectivity index (χ2n) is 8.55. The van der Waals surface area contributed by atoms with Gasteiger partial charge in [-0.2, -0.15) is 0 Å². The Morgan fingerprint density at radius 3 is 2.32 bits per heavy atom. The lowest BCUT2D eigenvalue weighted by atomic mass is 9.94. The van der Waals surface area contributed by atoms with E-state index in [4.69, 9.17) is 0 Å². The van der Waals surface area contributed by atoms with Crippen LogP contribution in [0.25, 0.3) is 0 Å². The first-order chi connectivity index (χ1) is 14.6. The molecular weight excluding hydrogens is 412 g/mol. The highest BCUT2D eigenvalue weighted by atomic mass is 32.2. The number of carbonyl (C=O) groups excluding carboxylic acids is 1. The van der Waals surface area contributed by atoms with Gasteiger partial charge in [0.15, 0.2) is 0 Å². The molecule has 0 aliphatic carbocycles. The second kappa shape index (κ2) is 9.78. The van der Waals surface area contributed by atoms with Crippen LogP contribution in [0.15, 0.2) is 42.6 Å². The lowest BCUT2D eigenvalue weighted by Gasteiger charge is -2.29. The van der Waals surface area contributed by atoms with E-state index >= 15 is 0 Å². The van der Waals surface area contributed by atoms with E-state index in [9.17, 15) is 13.2 Å². The molecule has 1 aliphatic rings. The van der Waals surface area contributed by atoms with Crippen LogP contribution in [0.1, 0.15) is 47.3 Å². The summed E-state index contributed by atoms with van der Waals surface area (Å²) in [5.74, 6) is 0.0857. The predicted molar refractivity (Wildman–Crippen MR) is 124 cm³/mol. The average Bonchev–Trinajstić information content (AvgIpc) is 2.73. The fourth-order valence-corrected chi connectivity index (χ4v) is 4.78. The molecule has 1 amide bonds. The van der Waals surface area contributed by atoms with E-state index in [1.165, 1.54) is 16.1 Å². The lowest BCUT2D eigenvalue weighted by Crippen LogP contribution is -2.37. The summed E-state index contributed by atoms with van der Waals surface area (Å²) in [7, 11) is 0.887. The number of nitrogens with zero attached hydrogens (tertiary/aromatic N) is 3. The van der Waals surface area contributed by atoms with E-state index in [1.807, 2.05) is 27.1 Å². The Morgan fingerprint density at radius 2 is 1.81 bits per heavy atom. The van der Waals surface area contributed by atoms with Crippen molar-refractivity contribution in [2.45, 2.75) is 38.1 Å². The first-order valence-corrected chi connectivity index (χ1v) is 12.5. The number of pyridine rings is 1. The molecule has 1 saturated heterocycles. The number of hydrogen-bond donors (Lipinski definition) is 1. The molecular formula is C23H32N4O3S. The minimum atomic E-state index is -3.13. The molecule has 7 nitrogen and oxygen atoms in total. The number of sulfonamides is 1. The van der Waals surface area contributed by atoms with Gasteiger partial charge in [0.2, 0.25) is 10.0 Å². The largest absolute Gasteiger partial charge is 0.378 e. The van der Waals surface area contributed by atoms with Gasteiger partial charge in [0.1, 0.15) is 0 Å². The maximum absolute atomic E-state index is 12.6. The number of nitrogens with one attached hydrogen (secondary N) is 1. The molecule has 0 spiro atoms. The van der Waals surface area contributed by atoms with E-state index in [1.54, 1.807) is 12.3 Å². The van der Waals surface area contributed by atoms with Crippen molar-refractivity contribution < 1.29 is 13.2 Å². The first kappa shape index (κ1) is 23.2. The maximum Gasteiger partial charge on any atom is 0.253 e. The van der Waals surface area contributed by atoms with Crippen LogP contribution in [0.2, 0.25) is 0 Å². The highest BCUT2D eigenvalue weighted by Gasteiger charge is 2.26. The normalized spacial score (nSPS) is 16.6. The molecule has 3 rings (SSSR count). The van der Waals surface area contributed by atoms with Crippen LogP contribution in [0, 0.1) is 0 Å². The van der Waals surface area contributed by atoms with Crippen molar-refractivity contribution in [1.82, 2.24) is 14.6 Å². The van der Waals surface area contributed by atoms with Gasteiger partial charge in [-0.05, 0) is 56.0 Å². The third kappa shape index (κ3) is 6.27. The Morgan fingerprint density at radius 1 is 1.16 bits per heavy atom. The van der Waals surface area contributed by atoms with Crippen molar-refractivity contribution in [2.75, 3.05) is 38.3 Å². The molecule has 1 N–H and O–H groups in total. The fourth-order valence-electron chi connectivity index (χ4n) is 3.91. The smallest absolute Gasteiger partial charge is 0.253 e. The van der Waals surface area contributed by atoms with Gasteiger partial charge in [-0.1, -0.05) is 12.1 Å². The van der Waals surface area contributed by atoms with Crippen LogP contribution in [-0.4, -0.2) is 63.1 Å². The summed E-state index contributed by atoms with van der Waals surface area (Å²) in [6, 6.07) is 12.0. The zero-order valence-corrected chi connectivity index (χ0v) is 19.5. The lowest BCUT2D eigenvalue weighted by molar-refractivity contribution is 0.0939. The van der Waals surface area contributed by atoms with Crippen molar-refractivity contribution in [2.24, 2.45) is 0 Å². The number of amides is 1. The molecule has 1 atom stereocenters.